The van der Waals surface area contributed by atoms with Crippen molar-refractivity contribution in [1.29, 1.82) is 0 Å². The lowest BCUT2D eigenvalue weighted by molar-refractivity contribution is -0.141. The number of nitrogens with zero attached hydrogens (tertiary/aromatic N) is 5. The first-order valence-corrected chi connectivity index (χ1v) is 11.4. The van der Waals surface area contributed by atoms with Crippen molar-refractivity contribution in [2.24, 2.45) is 0 Å². The monoisotopic (exact) mass is 474 g/mol. The smallest absolute Gasteiger partial charge is 0.434 e. The highest BCUT2D eigenvalue weighted by molar-refractivity contribution is 5.85. The highest BCUT2D eigenvalue weighted by Crippen LogP contribution is 2.35. The number of rotatable bonds is 5. The summed E-state index contributed by atoms with van der Waals surface area (Å²) < 4.78 is 51.5. The van der Waals surface area contributed by atoms with Crippen molar-refractivity contribution in [2.45, 2.75) is 44.0 Å². The molecule has 3 aromatic rings. The van der Waals surface area contributed by atoms with Gasteiger partial charge >= 0.3 is 6.18 Å². The average Bonchev–Trinajstić information content (AvgIpc) is 2.85. The predicted octanol–water partition coefficient (Wildman–Crippen LogP) is 4.08. The molecule has 34 heavy (non-hydrogen) atoms. The molecule has 1 N–H and O–H groups in total. The maximum atomic E-state index is 13.3. The Morgan fingerprint density at radius 2 is 1.74 bits per heavy atom. The number of fused-ring (bicyclic) bond motifs is 1. The summed E-state index contributed by atoms with van der Waals surface area (Å²) in [6.07, 6.45) is 2.85. The zero-order chi connectivity index (χ0) is 23.5. The first-order chi connectivity index (χ1) is 16.5. The number of nitrogens with one attached hydrogen (secondary N) is 1. The van der Waals surface area contributed by atoms with Gasteiger partial charge in [-0.05, 0) is 37.8 Å². The van der Waals surface area contributed by atoms with Crippen LogP contribution in [-0.2, 0) is 10.9 Å². The molecule has 1 saturated heterocycles. The second kappa shape index (κ2) is 9.57. The van der Waals surface area contributed by atoms with Crippen LogP contribution < -0.4 is 15.0 Å². The van der Waals surface area contributed by atoms with Crippen LogP contribution in [0.4, 0.5) is 24.8 Å². The summed E-state index contributed by atoms with van der Waals surface area (Å²) in [6.45, 7) is 2.42. The summed E-state index contributed by atoms with van der Waals surface area (Å²) >= 11 is 0. The topological polar surface area (TPSA) is 85.3 Å². The molecule has 0 radical (unpaired) electrons. The van der Waals surface area contributed by atoms with Gasteiger partial charge in [-0.25, -0.2) is 19.9 Å². The fourth-order valence-electron chi connectivity index (χ4n) is 4.37. The Morgan fingerprint density at radius 1 is 1.00 bits per heavy atom. The predicted molar refractivity (Wildman–Crippen MR) is 120 cm³/mol. The number of benzene rings is 1. The van der Waals surface area contributed by atoms with E-state index in [0.717, 1.165) is 37.6 Å². The largest absolute Gasteiger partial charge is 0.488 e. The van der Waals surface area contributed by atoms with E-state index in [2.05, 4.69) is 30.2 Å². The van der Waals surface area contributed by atoms with Crippen LogP contribution in [0.3, 0.4) is 0 Å². The lowest BCUT2D eigenvalue weighted by atomic mass is 9.93. The number of aromatic nitrogens is 4. The van der Waals surface area contributed by atoms with Gasteiger partial charge in [-0.15, -0.1) is 0 Å². The van der Waals surface area contributed by atoms with Crippen LogP contribution >= 0.6 is 0 Å². The van der Waals surface area contributed by atoms with E-state index in [1.54, 1.807) is 24.5 Å². The molecule has 2 aromatic heterocycles. The second-order valence-corrected chi connectivity index (χ2v) is 8.47. The molecular weight excluding hydrogens is 449 g/mol. The first kappa shape index (κ1) is 22.6. The summed E-state index contributed by atoms with van der Waals surface area (Å²) in [5, 5.41) is 3.34. The van der Waals surface area contributed by atoms with Crippen molar-refractivity contribution >= 4 is 22.7 Å². The third-order valence-corrected chi connectivity index (χ3v) is 6.13. The van der Waals surface area contributed by atoms with Crippen LogP contribution in [0.15, 0.2) is 36.8 Å². The Labute approximate surface area is 194 Å². The van der Waals surface area contributed by atoms with Gasteiger partial charge in [0, 0.05) is 43.3 Å². The maximum Gasteiger partial charge on any atom is 0.434 e. The van der Waals surface area contributed by atoms with E-state index in [-0.39, 0.29) is 17.7 Å². The SMILES string of the molecule is FC(F)(F)c1cnc2c(OC3CCC(Nc4ncccn4)CC3)cc(N3CCOCC3)cc2n1. The Balaban J connectivity index is 1.36. The minimum Gasteiger partial charge on any atom is -0.488 e. The summed E-state index contributed by atoms with van der Waals surface area (Å²) in [5.74, 6) is 1.06. The summed E-state index contributed by atoms with van der Waals surface area (Å²) in [6, 6.07) is 5.52. The van der Waals surface area contributed by atoms with Gasteiger partial charge in [0.25, 0.3) is 0 Å². The van der Waals surface area contributed by atoms with E-state index in [0.29, 0.717) is 43.5 Å². The van der Waals surface area contributed by atoms with E-state index >= 15 is 0 Å². The molecule has 2 aliphatic rings. The van der Waals surface area contributed by atoms with Gasteiger partial charge in [-0.2, -0.15) is 13.2 Å². The van der Waals surface area contributed by atoms with Crippen LogP contribution in [-0.4, -0.2) is 58.4 Å². The van der Waals surface area contributed by atoms with E-state index in [9.17, 15) is 13.2 Å². The van der Waals surface area contributed by atoms with Crippen LogP contribution in [0, 0.1) is 0 Å². The first-order valence-electron chi connectivity index (χ1n) is 11.4. The molecule has 0 unspecified atom stereocenters. The molecule has 11 heteroatoms. The highest BCUT2D eigenvalue weighted by atomic mass is 19.4. The third kappa shape index (κ3) is 5.14. The molecule has 2 fully saturated rings. The number of anilines is 2. The molecule has 1 aliphatic heterocycles. The number of ether oxygens (including phenoxy) is 2. The molecule has 0 spiro atoms. The van der Waals surface area contributed by atoms with Crippen molar-refractivity contribution in [1.82, 2.24) is 19.9 Å². The number of halogens is 3. The average molecular weight is 474 g/mol. The standard InChI is InChI=1S/C23H25F3N6O2/c24-23(25,26)20-14-29-21-18(31-20)12-16(32-8-10-33-11-9-32)13-19(21)34-17-4-2-15(3-5-17)30-22-27-6-1-7-28-22/h1,6-7,12-15,17H,2-5,8-11H2,(H,27,28,30). The van der Waals surface area contributed by atoms with Crippen LogP contribution in [0.1, 0.15) is 31.4 Å². The zero-order valence-corrected chi connectivity index (χ0v) is 18.5. The molecule has 0 bridgehead atoms. The Bertz CT molecular complexity index is 1120. The van der Waals surface area contributed by atoms with Crippen molar-refractivity contribution in [3.63, 3.8) is 0 Å². The lowest BCUT2D eigenvalue weighted by Crippen LogP contribution is -2.36. The summed E-state index contributed by atoms with van der Waals surface area (Å²) in [4.78, 5) is 18.4. The van der Waals surface area contributed by atoms with Crippen molar-refractivity contribution in [2.75, 3.05) is 36.5 Å². The molecular formula is C23H25F3N6O2. The highest BCUT2D eigenvalue weighted by Gasteiger charge is 2.34. The molecule has 1 aromatic carbocycles. The molecule has 180 valence electrons. The van der Waals surface area contributed by atoms with Gasteiger partial charge < -0.3 is 19.7 Å². The van der Waals surface area contributed by atoms with Gasteiger partial charge in [0.1, 0.15) is 11.3 Å². The maximum absolute atomic E-state index is 13.3. The van der Waals surface area contributed by atoms with E-state index in [1.807, 2.05) is 6.07 Å². The molecule has 3 heterocycles. The Hall–Kier alpha value is -3.21. The lowest BCUT2D eigenvalue weighted by Gasteiger charge is -2.31. The minimum atomic E-state index is -4.56. The molecule has 1 saturated carbocycles. The normalized spacial score (nSPS) is 21.4. The Kier molecular flexibility index (Phi) is 6.36. The van der Waals surface area contributed by atoms with E-state index < -0.39 is 11.9 Å². The van der Waals surface area contributed by atoms with E-state index in [1.165, 1.54) is 0 Å². The molecule has 0 atom stereocenters. The quantitative estimate of drug-likeness (QED) is 0.592. The van der Waals surface area contributed by atoms with Crippen molar-refractivity contribution < 1.29 is 22.6 Å². The van der Waals surface area contributed by atoms with Crippen molar-refractivity contribution in [3.05, 3.63) is 42.5 Å². The number of alkyl halides is 3. The minimum absolute atomic E-state index is 0.0676. The van der Waals surface area contributed by atoms with Gasteiger partial charge in [0.2, 0.25) is 5.95 Å². The third-order valence-electron chi connectivity index (χ3n) is 6.13. The van der Waals surface area contributed by atoms with Gasteiger partial charge in [-0.3, -0.25) is 0 Å². The summed E-state index contributed by atoms with van der Waals surface area (Å²) in [7, 11) is 0. The van der Waals surface area contributed by atoms with Gasteiger partial charge in [0.15, 0.2) is 5.69 Å². The zero-order valence-electron chi connectivity index (χ0n) is 18.5. The van der Waals surface area contributed by atoms with Crippen LogP contribution in [0.2, 0.25) is 0 Å². The van der Waals surface area contributed by atoms with E-state index in [4.69, 9.17) is 9.47 Å². The number of morpholine rings is 1. The van der Waals surface area contributed by atoms with Gasteiger partial charge in [0.05, 0.1) is 31.0 Å². The fraction of sp³-hybridized carbons (Fsp3) is 0.478. The Morgan fingerprint density at radius 3 is 2.44 bits per heavy atom. The molecule has 0 amide bonds. The fourth-order valence-corrected chi connectivity index (χ4v) is 4.37. The van der Waals surface area contributed by atoms with Crippen LogP contribution in [0.5, 0.6) is 5.75 Å². The van der Waals surface area contributed by atoms with Crippen molar-refractivity contribution in [3.8, 4) is 5.75 Å². The van der Waals surface area contributed by atoms with Crippen LogP contribution in [0.25, 0.3) is 11.0 Å². The number of hydrogen-bond acceptors (Lipinski definition) is 8. The van der Waals surface area contributed by atoms with Gasteiger partial charge in [-0.1, -0.05) is 0 Å². The molecule has 1 aliphatic carbocycles. The molecule has 8 nitrogen and oxygen atoms in total. The second-order valence-electron chi connectivity index (χ2n) is 8.47. The number of hydrogen-bond donors (Lipinski definition) is 1. The molecule has 5 rings (SSSR count). The summed E-state index contributed by atoms with van der Waals surface area (Å²) in [5.41, 5.74) is 0.254.